The summed E-state index contributed by atoms with van der Waals surface area (Å²) in [6.07, 6.45) is 9.06. The minimum absolute atomic E-state index is 0.297. The summed E-state index contributed by atoms with van der Waals surface area (Å²) >= 11 is 0. The van der Waals surface area contributed by atoms with Gasteiger partial charge in [-0.15, -0.1) is 0 Å². The first kappa shape index (κ1) is 16.4. The van der Waals surface area contributed by atoms with Crippen molar-refractivity contribution in [1.29, 1.82) is 0 Å². The third kappa shape index (κ3) is 5.44. The van der Waals surface area contributed by atoms with E-state index in [0.717, 1.165) is 12.1 Å². The Hall–Kier alpha value is -1.96. The van der Waals surface area contributed by atoms with E-state index < -0.39 is 0 Å². The second-order valence-corrected chi connectivity index (χ2v) is 5.85. The van der Waals surface area contributed by atoms with Crippen LogP contribution in [0.25, 0.3) is 0 Å². The van der Waals surface area contributed by atoms with E-state index in [1.165, 1.54) is 49.8 Å². The molecule has 2 rings (SSSR count). The van der Waals surface area contributed by atoms with Gasteiger partial charge in [0, 0.05) is 11.4 Å². The van der Waals surface area contributed by atoms with Crippen molar-refractivity contribution >= 4 is 11.4 Å². The predicted octanol–water partition coefficient (Wildman–Crippen LogP) is 6.04. The van der Waals surface area contributed by atoms with Crippen molar-refractivity contribution in [2.45, 2.75) is 51.9 Å². The molecule has 2 N–H and O–H groups in total. The Labute approximate surface area is 134 Å². The standard InChI is InChI=1S/C20H27NO/c1-2-3-4-5-6-7-10-17-11-8-9-12-20(17)21-18-13-15-19(22)16-14-18/h8-9,11-16,21-22H,2-7,10H2,1H3. The van der Waals surface area contributed by atoms with Gasteiger partial charge in [0.25, 0.3) is 0 Å². The molecule has 0 unspecified atom stereocenters. The van der Waals surface area contributed by atoms with Crippen LogP contribution in [0.3, 0.4) is 0 Å². The summed E-state index contributed by atoms with van der Waals surface area (Å²) in [5.74, 6) is 0.297. The van der Waals surface area contributed by atoms with Crippen LogP contribution in [0.1, 0.15) is 51.0 Å². The first-order chi connectivity index (χ1) is 10.8. The molecule has 0 saturated heterocycles. The van der Waals surface area contributed by atoms with Gasteiger partial charge in [-0.25, -0.2) is 0 Å². The molecule has 2 aromatic carbocycles. The van der Waals surface area contributed by atoms with Gasteiger partial charge in [0.05, 0.1) is 0 Å². The maximum atomic E-state index is 9.35. The van der Waals surface area contributed by atoms with Gasteiger partial charge in [-0.1, -0.05) is 57.2 Å². The number of para-hydroxylation sites is 1. The third-order valence-corrected chi connectivity index (χ3v) is 3.96. The summed E-state index contributed by atoms with van der Waals surface area (Å²) in [4.78, 5) is 0. The fraction of sp³-hybridized carbons (Fsp3) is 0.400. The molecule has 22 heavy (non-hydrogen) atoms. The lowest BCUT2D eigenvalue weighted by Crippen LogP contribution is -1.96. The molecule has 2 aromatic rings. The average molecular weight is 297 g/mol. The summed E-state index contributed by atoms with van der Waals surface area (Å²) in [5.41, 5.74) is 3.54. The van der Waals surface area contributed by atoms with E-state index in [9.17, 15) is 5.11 Å². The second-order valence-electron chi connectivity index (χ2n) is 5.85. The van der Waals surface area contributed by atoms with Gasteiger partial charge in [0.1, 0.15) is 5.75 Å². The van der Waals surface area contributed by atoms with Crippen LogP contribution in [0, 0.1) is 0 Å². The van der Waals surface area contributed by atoms with Crippen LogP contribution in [0.2, 0.25) is 0 Å². The number of unbranched alkanes of at least 4 members (excludes halogenated alkanes) is 5. The molecule has 2 nitrogen and oxygen atoms in total. The normalized spacial score (nSPS) is 10.6. The van der Waals surface area contributed by atoms with E-state index in [1.54, 1.807) is 12.1 Å². The number of hydrogen-bond acceptors (Lipinski definition) is 2. The van der Waals surface area contributed by atoms with Crippen LogP contribution in [0.4, 0.5) is 11.4 Å². The molecule has 0 bridgehead atoms. The summed E-state index contributed by atoms with van der Waals surface area (Å²) in [6.45, 7) is 2.26. The van der Waals surface area contributed by atoms with E-state index in [-0.39, 0.29) is 0 Å². The van der Waals surface area contributed by atoms with Crippen molar-refractivity contribution in [2.75, 3.05) is 5.32 Å². The van der Waals surface area contributed by atoms with Crippen molar-refractivity contribution in [3.8, 4) is 5.75 Å². The summed E-state index contributed by atoms with van der Waals surface area (Å²) < 4.78 is 0. The van der Waals surface area contributed by atoms with Gasteiger partial charge in [0.2, 0.25) is 0 Å². The highest BCUT2D eigenvalue weighted by atomic mass is 16.3. The lowest BCUT2D eigenvalue weighted by atomic mass is 10.0. The zero-order valence-corrected chi connectivity index (χ0v) is 13.5. The lowest BCUT2D eigenvalue weighted by Gasteiger charge is -2.12. The molecule has 0 radical (unpaired) electrons. The van der Waals surface area contributed by atoms with Gasteiger partial charge in [-0.05, 0) is 48.7 Å². The van der Waals surface area contributed by atoms with Crippen LogP contribution in [0.5, 0.6) is 5.75 Å². The monoisotopic (exact) mass is 297 g/mol. The molecule has 0 spiro atoms. The highest BCUT2D eigenvalue weighted by molar-refractivity contribution is 5.63. The van der Waals surface area contributed by atoms with E-state index in [4.69, 9.17) is 0 Å². The number of aromatic hydroxyl groups is 1. The Morgan fingerprint density at radius 1 is 0.818 bits per heavy atom. The fourth-order valence-corrected chi connectivity index (χ4v) is 2.66. The summed E-state index contributed by atoms with van der Waals surface area (Å²) in [7, 11) is 0. The van der Waals surface area contributed by atoms with Crippen LogP contribution in [0.15, 0.2) is 48.5 Å². The highest BCUT2D eigenvalue weighted by Gasteiger charge is 2.02. The van der Waals surface area contributed by atoms with Crippen molar-refractivity contribution in [1.82, 2.24) is 0 Å². The Morgan fingerprint density at radius 2 is 1.50 bits per heavy atom. The SMILES string of the molecule is CCCCCCCCc1ccccc1Nc1ccc(O)cc1. The van der Waals surface area contributed by atoms with Gasteiger partial charge in [0.15, 0.2) is 0 Å². The topological polar surface area (TPSA) is 32.3 Å². The molecule has 118 valence electrons. The van der Waals surface area contributed by atoms with Crippen molar-refractivity contribution in [2.24, 2.45) is 0 Å². The number of phenols is 1. The van der Waals surface area contributed by atoms with Gasteiger partial charge < -0.3 is 10.4 Å². The van der Waals surface area contributed by atoms with Gasteiger partial charge in [-0.2, -0.15) is 0 Å². The van der Waals surface area contributed by atoms with E-state index in [1.807, 2.05) is 12.1 Å². The Kier molecular flexibility index (Phi) is 6.82. The molecular weight excluding hydrogens is 270 g/mol. The second kappa shape index (κ2) is 9.14. The molecule has 2 heteroatoms. The summed E-state index contributed by atoms with van der Waals surface area (Å²) in [5, 5.41) is 12.8. The number of aryl methyl sites for hydroxylation is 1. The molecule has 0 atom stereocenters. The number of hydrogen-bond donors (Lipinski definition) is 2. The number of anilines is 2. The molecule has 0 heterocycles. The fourth-order valence-electron chi connectivity index (χ4n) is 2.66. The first-order valence-electron chi connectivity index (χ1n) is 8.43. The van der Waals surface area contributed by atoms with Crippen molar-refractivity contribution < 1.29 is 5.11 Å². The van der Waals surface area contributed by atoms with Crippen LogP contribution < -0.4 is 5.32 Å². The minimum Gasteiger partial charge on any atom is -0.508 e. The van der Waals surface area contributed by atoms with Crippen LogP contribution in [-0.2, 0) is 6.42 Å². The minimum atomic E-state index is 0.297. The maximum absolute atomic E-state index is 9.35. The number of nitrogens with one attached hydrogen (secondary N) is 1. The molecule has 0 amide bonds. The molecule has 0 aromatic heterocycles. The maximum Gasteiger partial charge on any atom is 0.115 e. The smallest absolute Gasteiger partial charge is 0.115 e. The summed E-state index contributed by atoms with van der Waals surface area (Å²) in [6, 6.07) is 15.7. The predicted molar refractivity (Wildman–Crippen MR) is 94.9 cm³/mol. The van der Waals surface area contributed by atoms with Crippen LogP contribution >= 0.6 is 0 Å². The van der Waals surface area contributed by atoms with Crippen molar-refractivity contribution in [3.63, 3.8) is 0 Å². The molecular formula is C20H27NO. The van der Waals surface area contributed by atoms with Crippen molar-refractivity contribution in [3.05, 3.63) is 54.1 Å². The van der Waals surface area contributed by atoms with E-state index >= 15 is 0 Å². The van der Waals surface area contributed by atoms with E-state index in [2.05, 4.69) is 36.5 Å². The zero-order chi connectivity index (χ0) is 15.6. The molecule has 0 fully saturated rings. The Bertz CT molecular complexity index is 548. The largest absolute Gasteiger partial charge is 0.508 e. The quantitative estimate of drug-likeness (QED) is 0.437. The molecule has 0 saturated carbocycles. The average Bonchev–Trinajstić information content (AvgIpc) is 2.54. The zero-order valence-electron chi connectivity index (χ0n) is 13.5. The van der Waals surface area contributed by atoms with E-state index in [0.29, 0.717) is 5.75 Å². The lowest BCUT2D eigenvalue weighted by molar-refractivity contribution is 0.475. The first-order valence-corrected chi connectivity index (χ1v) is 8.43. The number of phenolic OH excluding ortho intramolecular Hbond substituents is 1. The van der Waals surface area contributed by atoms with Gasteiger partial charge in [-0.3, -0.25) is 0 Å². The van der Waals surface area contributed by atoms with Gasteiger partial charge >= 0.3 is 0 Å². The third-order valence-electron chi connectivity index (χ3n) is 3.96. The Balaban J connectivity index is 1.88. The number of rotatable bonds is 9. The number of benzene rings is 2. The molecule has 0 aliphatic rings. The molecule has 0 aliphatic heterocycles. The highest BCUT2D eigenvalue weighted by Crippen LogP contribution is 2.24. The van der Waals surface area contributed by atoms with Crippen LogP contribution in [-0.4, -0.2) is 5.11 Å². The Morgan fingerprint density at radius 3 is 2.27 bits per heavy atom. The molecule has 0 aliphatic carbocycles.